The van der Waals surface area contributed by atoms with Crippen molar-refractivity contribution in [1.82, 2.24) is 0 Å². The number of hydrogen-bond acceptors (Lipinski definition) is 5. The van der Waals surface area contributed by atoms with Crippen molar-refractivity contribution in [3.8, 4) is 5.75 Å². The number of hydrogen-bond donors (Lipinski definition) is 1. The fourth-order valence-electron chi connectivity index (χ4n) is 2.81. The highest BCUT2D eigenvalue weighted by Gasteiger charge is 2.17. The second-order valence-electron chi connectivity index (χ2n) is 6.78. The minimum Gasteiger partial charge on any atom is -0.481 e. The van der Waals surface area contributed by atoms with E-state index in [1.54, 1.807) is 43.1 Å². The predicted molar refractivity (Wildman–Crippen MR) is 117 cm³/mol. The van der Waals surface area contributed by atoms with Crippen LogP contribution >= 0.6 is 0 Å². The number of non-ortho nitro benzene ring substituents is 1. The first kappa shape index (κ1) is 21.5. The molecule has 0 aliphatic heterocycles. The fraction of sp³-hybridized carbons (Fsp3) is 0.130. The summed E-state index contributed by atoms with van der Waals surface area (Å²) in [6, 6.07) is 21.3. The maximum Gasteiger partial charge on any atom is 0.269 e. The lowest BCUT2D eigenvalue weighted by Gasteiger charge is -2.18. The van der Waals surface area contributed by atoms with Crippen LogP contribution in [-0.2, 0) is 4.79 Å². The van der Waals surface area contributed by atoms with E-state index in [0.717, 1.165) is 5.69 Å². The van der Waals surface area contributed by atoms with Gasteiger partial charge in [-0.25, -0.2) is 0 Å². The quantitative estimate of drug-likeness (QED) is 0.455. The van der Waals surface area contributed by atoms with Gasteiger partial charge in [0.15, 0.2) is 6.10 Å². The Morgan fingerprint density at radius 3 is 2.16 bits per heavy atom. The number of para-hydroxylation sites is 1. The van der Waals surface area contributed by atoms with Crippen molar-refractivity contribution < 1.29 is 19.2 Å². The number of rotatable bonds is 7. The zero-order valence-corrected chi connectivity index (χ0v) is 17.0. The first-order valence-corrected chi connectivity index (χ1v) is 9.50. The van der Waals surface area contributed by atoms with Gasteiger partial charge in [-0.1, -0.05) is 18.2 Å². The van der Waals surface area contributed by atoms with Gasteiger partial charge in [0, 0.05) is 36.1 Å². The van der Waals surface area contributed by atoms with Crippen molar-refractivity contribution in [3.05, 3.63) is 94.5 Å². The molecule has 8 heteroatoms. The summed E-state index contributed by atoms with van der Waals surface area (Å²) in [5, 5.41) is 13.4. The largest absolute Gasteiger partial charge is 0.481 e. The van der Waals surface area contributed by atoms with Crippen LogP contribution in [0.4, 0.5) is 17.1 Å². The molecule has 0 saturated heterocycles. The fourth-order valence-corrected chi connectivity index (χ4v) is 2.81. The molecule has 0 aliphatic carbocycles. The second kappa shape index (κ2) is 9.53. The van der Waals surface area contributed by atoms with E-state index in [4.69, 9.17) is 4.74 Å². The Morgan fingerprint density at radius 1 is 0.968 bits per heavy atom. The topological polar surface area (TPSA) is 102 Å². The molecule has 1 unspecified atom stereocenters. The van der Waals surface area contributed by atoms with Crippen LogP contribution < -0.4 is 15.0 Å². The highest BCUT2D eigenvalue weighted by molar-refractivity contribution is 6.06. The van der Waals surface area contributed by atoms with Crippen LogP contribution in [0.25, 0.3) is 0 Å². The Bertz CT molecular complexity index is 1070. The molecule has 31 heavy (non-hydrogen) atoms. The molecule has 3 aromatic carbocycles. The van der Waals surface area contributed by atoms with E-state index >= 15 is 0 Å². The summed E-state index contributed by atoms with van der Waals surface area (Å²) in [5.74, 6) is -0.212. The Balaban J connectivity index is 1.59. The molecule has 3 aromatic rings. The predicted octanol–water partition coefficient (Wildman–Crippen LogP) is 4.28. The number of benzene rings is 3. The third kappa shape index (κ3) is 5.45. The Morgan fingerprint density at radius 2 is 1.58 bits per heavy atom. The molecular weight excluding hydrogens is 398 g/mol. The first-order valence-electron chi connectivity index (χ1n) is 9.50. The molecule has 8 nitrogen and oxygen atoms in total. The van der Waals surface area contributed by atoms with E-state index in [2.05, 4.69) is 5.32 Å². The van der Waals surface area contributed by atoms with E-state index < -0.39 is 11.0 Å². The zero-order chi connectivity index (χ0) is 22.4. The number of nitrogens with zero attached hydrogens (tertiary/aromatic N) is 2. The molecule has 0 heterocycles. The van der Waals surface area contributed by atoms with Gasteiger partial charge in [0.25, 0.3) is 17.5 Å². The Hall–Kier alpha value is -4.20. The lowest BCUT2D eigenvalue weighted by Crippen LogP contribution is -2.30. The highest BCUT2D eigenvalue weighted by Crippen LogP contribution is 2.20. The van der Waals surface area contributed by atoms with Crippen LogP contribution in [-0.4, -0.2) is 29.9 Å². The van der Waals surface area contributed by atoms with Gasteiger partial charge in [-0.15, -0.1) is 0 Å². The van der Waals surface area contributed by atoms with Gasteiger partial charge in [0.2, 0.25) is 0 Å². The van der Waals surface area contributed by atoms with E-state index in [0.29, 0.717) is 17.0 Å². The van der Waals surface area contributed by atoms with Crippen LogP contribution in [0.5, 0.6) is 5.75 Å². The molecule has 0 radical (unpaired) electrons. The van der Waals surface area contributed by atoms with Crippen molar-refractivity contribution in [3.63, 3.8) is 0 Å². The lowest BCUT2D eigenvalue weighted by molar-refractivity contribution is -0.384. The smallest absolute Gasteiger partial charge is 0.269 e. The molecule has 3 rings (SSSR count). The second-order valence-corrected chi connectivity index (χ2v) is 6.78. The van der Waals surface area contributed by atoms with E-state index in [1.165, 1.54) is 24.3 Å². The molecule has 0 saturated carbocycles. The van der Waals surface area contributed by atoms with Crippen molar-refractivity contribution in [2.24, 2.45) is 0 Å². The molecule has 0 spiro atoms. The number of anilines is 2. The summed E-state index contributed by atoms with van der Waals surface area (Å²) in [5.41, 5.74) is 1.72. The Labute approximate surface area is 179 Å². The minimum atomic E-state index is -0.827. The van der Waals surface area contributed by atoms with Crippen LogP contribution in [0.1, 0.15) is 17.3 Å². The van der Waals surface area contributed by atoms with Gasteiger partial charge >= 0.3 is 0 Å². The zero-order valence-electron chi connectivity index (χ0n) is 17.0. The van der Waals surface area contributed by atoms with Crippen LogP contribution in [0.3, 0.4) is 0 Å². The summed E-state index contributed by atoms with van der Waals surface area (Å²) in [4.78, 5) is 36.8. The molecular formula is C23H21N3O5. The third-order valence-electron chi connectivity index (χ3n) is 4.58. The Kier molecular flexibility index (Phi) is 6.61. The molecule has 158 valence electrons. The number of nitrogens with one attached hydrogen (secondary N) is 1. The third-order valence-corrected chi connectivity index (χ3v) is 4.58. The van der Waals surface area contributed by atoms with E-state index in [1.807, 2.05) is 30.3 Å². The number of amides is 2. The highest BCUT2D eigenvalue weighted by atomic mass is 16.6. The van der Waals surface area contributed by atoms with E-state index in [-0.39, 0.29) is 17.5 Å². The lowest BCUT2D eigenvalue weighted by atomic mass is 10.1. The van der Waals surface area contributed by atoms with Crippen molar-refractivity contribution in [2.75, 3.05) is 17.3 Å². The molecule has 0 fully saturated rings. The first-order chi connectivity index (χ1) is 14.8. The van der Waals surface area contributed by atoms with Crippen LogP contribution in [0, 0.1) is 10.1 Å². The average Bonchev–Trinajstić information content (AvgIpc) is 2.79. The van der Waals surface area contributed by atoms with Gasteiger partial charge in [0.05, 0.1) is 4.92 Å². The maximum atomic E-state index is 12.6. The molecule has 0 aliphatic rings. The summed E-state index contributed by atoms with van der Waals surface area (Å²) in [6.07, 6.45) is -0.827. The normalized spacial score (nSPS) is 11.3. The average molecular weight is 419 g/mol. The van der Waals surface area contributed by atoms with Crippen molar-refractivity contribution >= 4 is 28.9 Å². The van der Waals surface area contributed by atoms with Crippen LogP contribution in [0.15, 0.2) is 78.9 Å². The van der Waals surface area contributed by atoms with Gasteiger partial charge in [-0.2, -0.15) is 0 Å². The maximum absolute atomic E-state index is 12.6. The van der Waals surface area contributed by atoms with Gasteiger partial charge < -0.3 is 15.0 Å². The summed E-state index contributed by atoms with van der Waals surface area (Å²) in [7, 11) is 1.70. The SMILES string of the molecule is CC(Oc1ccc([N+](=O)[O-])cc1)C(=O)Nc1ccc(C(=O)N(C)c2ccccc2)cc1. The molecule has 1 N–H and O–H groups in total. The van der Waals surface area contributed by atoms with Gasteiger partial charge in [0.1, 0.15) is 5.75 Å². The summed E-state index contributed by atoms with van der Waals surface area (Å²) in [6.45, 7) is 1.57. The number of carbonyl (C=O) groups is 2. The molecule has 1 atom stereocenters. The number of nitro benzene ring substituents is 1. The summed E-state index contributed by atoms with van der Waals surface area (Å²) >= 11 is 0. The number of carbonyl (C=O) groups excluding carboxylic acids is 2. The minimum absolute atomic E-state index is 0.0583. The van der Waals surface area contributed by atoms with Gasteiger partial charge in [-0.05, 0) is 55.5 Å². The molecule has 0 aromatic heterocycles. The number of nitro groups is 1. The van der Waals surface area contributed by atoms with Crippen molar-refractivity contribution in [2.45, 2.75) is 13.0 Å². The molecule has 2 amide bonds. The molecule has 0 bridgehead atoms. The van der Waals surface area contributed by atoms with E-state index in [9.17, 15) is 19.7 Å². The van der Waals surface area contributed by atoms with Crippen LogP contribution in [0.2, 0.25) is 0 Å². The standard InChI is InChI=1S/C23H21N3O5/c1-16(31-21-14-12-20(13-15-21)26(29)30)22(27)24-18-10-8-17(9-11-18)23(28)25(2)19-6-4-3-5-7-19/h3-16H,1-2H3,(H,24,27). The monoisotopic (exact) mass is 419 g/mol. The number of ether oxygens (including phenoxy) is 1. The summed E-state index contributed by atoms with van der Waals surface area (Å²) < 4.78 is 5.53. The van der Waals surface area contributed by atoms with Gasteiger partial charge in [-0.3, -0.25) is 19.7 Å². The van der Waals surface area contributed by atoms with Crippen molar-refractivity contribution in [1.29, 1.82) is 0 Å².